The normalized spacial score (nSPS) is 15.5. The van der Waals surface area contributed by atoms with Gasteiger partial charge in [-0.15, -0.1) is 11.3 Å². The molecule has 0 radical (unpaired) electrons. The molecule has 172 valence electrons. The van der Waals surface area contributed by atoms with Gasteiger partial charge in [-0.1, -0.05) is 32.0 Å². The van der Waals surface area contributed by atoms with Crippen LogP contribution in [0.25, 0.3) is 0 Å². The van der Waals surface area contributed by atoms with Crippen LogP contribution in [0.2, 0.25) is 0 Å². The van der Waals surface area contributed by atoms with Crippen molar-refractivity contribution in [3.05, 3.63) is 46.5 Å². The van der Waals surface area contributed by atoms with E-state index in [9.17, 15) is 14.4 Å². The van der Waals surface area contributed by atoms with Gasteiger partial charge in [0.25, 0.3) is 5.91 Å². The number of likely N-dealkylation sites (tertiary alicyclic amines) is 1. The standard InChI is InChI=1S/C24H32N4O3S/c1-15(2)13-20(26-22(30)19-8-6-5-7-16(19)3)23(31)28-11-9-18(10-12-28)21(29)27-24-25-17(4)14-32-24/h5-8,14-15,18,20H,9-13H2,1-4H3,(H,26,30)(H,25,27,29). The summed E-state index contributed by atoms with van der Waals surface area (Å²) in [5.41, 5.74) is 2.35. The van der Waals surface area contributed by atoms with E-state index in [2.05, 4.69) is 15.6 Å². The van der Waals surface area contributed by atoms with Crippen molar-refractivity contribution in [3.63, 3.8) is 0 Å². The maximum atomic E-state index is 13.3. The number of hydrogen-bond acceptors (Lipinski definition) is 5. The van der Waals surface area contributed by atoms with Crippen LogP contribution >= 0.6 is 11.3 Å². The number of aromatic nitrogens is 1. The molecule has 1 unspecified atom stereocenters. The highest BCUT2D eigenvalue weighted by molar-refractivity contribution is 7.13. The average Bonchev–Trinajstić information content (AvgIpc) is 3.17. The molecule has 1 atom stereocenters. The summed E-state index contributed by atoms with van der Waals surface area (Å²) in [7, 11) is 0. The number of thiazole rings is 1. The summed E-state index contributed by atoms with van der Waals surface area (Å²) < 4.78 is 0. The van der Waals surface area contributed by atoms with Gasteiger partial charge in [0.15, 0.2) is 5.13 Å². The Bertz CT molecular complexity index is 964. The summed E-state index contributed by atoms with van der Waals surface area (Å²) in [6, 6.07) is 6.79. The van der Waals surface area contributed by atoms with E-state index in [1.165, 1.54) is 11.3 Å². The van der Waals surface area contributed by atoms with Crippen LogP contribution in [-0.2, 0) is 9.59 Å². The molecule has 1 aliphatic heterocycles. The lowest BCUT2D eigenvalue weighted by Crippen LogP contribution is -2.52. The number of benzene rings is 1. The van der Waals surface area contributed by atoms with E-state index >= 15 is 0 Å². The van der Waals surface area contributed by atoms with E-state index in [4.69, 9.17) is 0 Å². The second-order valence-corrected chi connectivity index (χ2v) is 9.71. The maximum absolute atomic E-state index is 13.3. The Kier molecular flexibility index (Phi) is 8.01. The fourth-order valence-corrected chi connectivity index (χ4v) is 4.65. The van der Waals surface area contributed by atoms with Gasteiger partial charge < -0.3 is 15.5 Å². The number of piperidine rings is 1. The summed E-state index contributed by atoms with van der Waals surface area (Å²) >= 11 is 1.41. The predicted octanol–water partition coefficient (Wildman–Crippen LogP) is 3.78. The quantitative estimate of drug-likeness (QED) is 0.663. The lowest BCUT2D eigenvalue weighted by molar-refractivity contribution is -0.136. The zero-order valence-electron chi connectivity index (χ0n) is 19.2. The molecule has 1 fully saturated rings. The third kappa shape index (κ3) is 6.16. The topological polar surface area (TPSA) is 91.4 Å². The minimum atomic E-state index is -0.578. The van der Waals surface area contributed by atoms with E-state index in [0.29, 0.717) is 43.0 Å². The highest BCUT2D eigenvalue weighted by Gasteiger charge is 2.32. The van der Waals surface area contributed by atoms with Crippen LogP contribution in [0.4, 0.5) is 5.13 Å². The van der Waals surface area contributed by atoms with Crippen molar-refractivity contribution in [2.24, 2.45) is 11.8 Å². The number of hydrogen-bond donors (Lipinski definition) is 2. The first kappa shape index (κ1) is 23.9. The highest BCUT2D eigenvalue weighted by atomic mass is 32.1. The van der Waals surface area contributed by atoms with Crippen LogP contribution in [0.5, 0.6) is 0 Å². The van der Waals surface area contributed by atoms with Gasteiger partial charge >= 0.3 is 0 Å². The van der Waals surface area contributed by atoms with Crippen molar-refractivity contribution in [1.82, 2.24) is 15.2 Å². The summed E-state index contributed by atoms with van der Waals surface area (Å²) in [5, 5.41) is 8.35. The van der Waals surface area contributed by atoms with Gasteiger partial charge in [-0.3, -0.25) is 14.4 Å². The van der Waals surface area contributed by atoms with E-state index in [1.54, 1.807) is 11.0 Å². The largest absolute Gasteiger partial charge is 0.341 e. The Labute approximate surface area is 193 Å². The molecule has 32 heavy (non-hydrogen) atoms. The number of aryl methyl sites for hydroxylation is 2. The van der Waals surface area contributed by atoms with Crippen molar-refractivity contribution in [1.29, 1.82) is 0 Å². The fourth-order valence-electron chi connectivity index (χ4n) is 3.96. The molecule has 1 aliphatic rings. The van der Waals surface area contributed by atoms with Gasteiger partial charge in [-0.05, 0) is 50.7 Å². The van der Waals surface area contributed by atoms with Gasteiger partial charge in [0.2, 0.25) is 11.8 Å². The molecule has 0 bridgehead atoms. The van der Waals surface area contributed by atoms with Gasteiger partial charge in [0.05, 0.1) is 5.69 Å². The Morgan fingerprint density at radius 2 is 1.84 bits per heavy atom. The highest BCUT2D eigenvalue weighted by Crippen LogP contribution is 2.22. The SMILES string of the molecule is Cc1csc(NC(=O)C2CCN(C(=O)C(CC(C)C)NC(=O)c3ccccc3C)CC2)n1. The summed E-state index contributed by atoms with van der Waals surface area (Å²) in [4.78, 5) is 44.7. The molecule has 3 rings (SSSR count). The molecule has 0 aliphatic carbocycles. The molecule has 2 heterocycles. The number of amides is 3. The number of nitrogens with one attached hydrogen (secondary N) is 2. The first-order valence-corrected chi connectivity index (χ1v) is 12.0. The fraction of sp³-hybridized carbons (Fsp3) is 0.500. The maximum Gasteiger partial charge on any atom is 0.252 e. The van der Waals surface area contributed by atoms with Crippen molar-refractivity contribution in [2.75, 3.05) is 18.4 Å². The molecule has 1 aromatic heterocycles. The van der Waals surface area contributed by atoms with Crippen molar-refractivity contribution >= 4 is 34.2 Å². The Balaban J connectivity index is 1.59. The van der Waals surface area contributed by atoms with Crippen molar-refractivity contribution < 1.29 is 14.4 Å². The molecule has 8 heteroatoms. The van der Waals surface area contributed by atoms with Gasteiger partial charge in [-0.2, -0.15) is 0 Å². The van der Waals surface area contributed by atoms with Crippen LogP contribution in [0, 0.1) is 25.7 Å². The monoisotopic (exact) mass is 456 g/mol. The van der Waals surface area contributed by atoms with E-state index in [0.717, 1.165) is 11.3 Å². The summed E-state index contributed by atoms with van der Waals surface area (Å²) in [5.74, 6) is -0.234. The lowest BCUT2D eigenvalue weighted by Gasteiger charge is -2.34. The molecule has 2 aromatic rings. The molecule has 1 aromatic carbocycles. The van der Waals surface area contributed by atoms with E-state index in [-0.39, 0.29) is 29.6 Å². The molecule has 2 N–H and O–H groups in total. The number of anilines is 1. The van der Waals surface area contributed by atoms with Crippen molar-refractivity contribution in [3.8, 4) is 0 Å². The lowest BCUT2D eigenvalue weighted by atomic mass is 9.94. The van der Waals surface area contributed by atoms with Crippen LogP contribution < -0.4 is 10.6 Å². The first-order valence-electron chi connectivity index (χ1n) is 11.1. The van der Waals surface area contributed by atoms with Crippen molar-refractivity contribution in [2.45, 2.75) is 53.0 Å². The van der Waals surface area contributed by atoms with Crippen LogP contribution in [0.15, 0.2) is 29.6 Å². The van der Waals surface area contributed by atoms with Gasteiger partial charge in [0, 0.05) is 30.0 Å². The number of carbonyl (C=O) groups is 3. The van der Waals surface area contributed by atoms with Gasteiger partial charge in [0.1, 0.15) is 6.04 Å². The summed E-state index contributed by atoms with van der Waals surface area (Å²) in [6.07, 6.45) is 1.77. The number of carbonyl (C=O) groups excluding carboxylic acids is 3. The number of nitrogens with zero attached hydrogens (tertiary/aromatic N) is 2. The smallest absolute Gasteiger partial charge is 0.252 e. The minimum absolute atomic E-state index is 0.0435. The van der Waals surface area contributed by atoms with E-state index in [1.807, 2.05) is 51.3 Å². The third-order valence-electron chi connectivity index (χ3n) is 5.73. The Hall–Kier alpha value is -2.74. The minimum Gasteiger partial charge on any atom is -0.341 e. The molecular weight excluding hydrogens is 424 g/mol. The molecule has 3 amide bonds. The zero-order valence-corrected chi connectivity index (χ0v) is 20.0. The van der Waals surface area contributed by atoms with Crippen LogP contribution in [0.1, 0.15) is 54.7 Å². The second-order valence-electron chi connectivity index (χ2n) is 8.85. The Morgan fingerprint density at radius 3 is 2.44 bits per heavy atom. The zero-order chi connectivity index (χ0) is 23.3. The summed E-state index contributed by atoms with van der Waals surface area (Å²) in [6.45, 7) is 8.86. The van der Waals surface area contributed by atoms with Gasteiger partial charge in [-0.25, -0.2) is 4.98 Å². The molecule has 0 spiro atoms. The van der Waals surface area contributed by atoms with E-state index < -0.39 is 6.04 Å². The number of rotatable bonds is 7. The molecule has 1 saturated heterocycles. The second kappa shape index (κ2) is 10.7. The first-order chi connectivity index (χ1) is 15.2. The predicted molar refractivity (Wildman–Crippen MR) is 127 cm³/mol. The van der Waals surface area contributed by atoms with Crippen LogP contribution in [-0.4, -0.2) is 46.7 Å². The Morgan fingerprint density at radius 1 is 1.16 bits per heavy atom. The van der Waals surface area contributed by atoms with Crippen LogP contribution in [0.3, 0.4) is 0 Å². The average molecular weight is 457 g/mol. The molecule has 7 nitrogen and oxygen atoms in total. The third-order valence-corrected chi connectivity index (χ3v) is 6.60. The molecule has 0 saturated carbocycles. The molecular formula is C24H32N4O3S.